The number of rotatable bonds is 5. The standard InChI is InChI=1S/C32H35F2N7O2/c1-20-6-9-23(10-7-20)41-29(19-27(38-41)32(3,4)5)37-31(43)36-26-12-13-28(35-21(26)2)39-14-16-40(17-15-39)30(42)24-18-22(33)8-11-25(24)34/h6-13,18-19H,14-17H2,1-5H3,(H2,36,37,43). The average molecular weight is 588 g/mol. The van der Waals surface area contributed by atoms with Crippen LogP contribution in [0.3, 0.4) is 0 Å². The summed E-state index contributed by atoms with van der Waals surface area (Å²) in [4.78, 5) is 34.0. The van der Waals surface area contributed by atoms with Crippen LogP contribution in [0.25, 0.3) is 5.69 Å². The third-order valence-corrected chi connectivity index (χ3v) is 7.37. The zero-order valence-corrected chi connectivity index (χ0v) is 24.9. The van der Waals surface area contributed by atoms with Gasteiger partial charge >= 0.3 is 6.03 Å². The summed E-state index contributed by atoms with van der Waals surface area (Å²) in [5.74, 6) is -0.701. The Bertz CT molecular complexity index is 1650. The summed E-state index contributed by atoms with van der Waals surface area (Å²) in [7, 11) is 0. The number of halogens is 2. The number of pyridine rings is 1. The number of hydrogen-bond acceptors (Lipinski definition) is 5. The highest BCUT2D eigenvalue weighted by molar-refractivity contribution is 6.00. The number of urea groups is 1. The molecule has 1 aliphatic heterocycles. The Balaban J connectivity index is 1.24. The number of aryl methyl sites for hydroxylation is 2. The highest BCUT2D eigenvalue weighted by Gasteiger charge is 2.26. The van der Waals surface area contributed by atoms with Crippen LogP contribution in [-0.4, -0.2) is 57.8 Å². The van der Waals surface area contributed by atoms with Gasteiger partial charge in [0.2, 0.25) is 0 Å². The van der Waals surface area contributed by atoms with Gasteiger partial charge in [-0.1, -0.05) is 38.5 Å². The Morgan fingerprint density at radius 3 is 2.21 bits per heavy atom. The fourth-order valence-corrected chi connectivity index (χ4v) is 4.82. The second kappa shape index (κ2) is 11.8. The summed E-state index contributed by atoms with van der Waals surface area (Å²) in [5, 5.41) is 10.6. The molecule has 0 aliphatic carbocycles. The van der Waals surface area contributed by atoms with Crippen LogP contribution in [0.4, 0.5) is 30.9 Å². The van der Waals surface area contributed by atoms with E-state index in [2.05, 4.69) is 36.4 Å². The second-order valence-electron chi connectivity index (χ2n) is 11.7. The van der Waals surface area contributed by atoms with Gasteiger partial charge in [0.15, 0.2) is 0 Å². The topological polar surface area (TPSA) is 95.4 Å². The van der Waals surface area contributed by atoms with Crippen molar-refractivity contribution in [2.45, 2.75) is 40.0 Å². The Morgan fingerprint density at radius 1 is 0.860 bits per heavy atom. The lowest BCUT2D eigenvalue weighted by molar-refractivity contribution is 0.0741. The van der Waals surface area contributed by atoms with Crippen molar-refractivity contribution < 1.29 is 18.4 Å². The van der Waals surface area contributed by atoms with Gasteiger partial charge in [-0.25, -0.2) is 23.2 Å². The van der Waals surface area contributed by atoms with Crippen LogP contribution in [0.1, 0.15) is 48.1 Å². The number of carbonyl (C=O) groups excluding carboxylic acids is 2. The van der Waals surface area contributed by atoms with Gasteiger partial charge in [0.05, 0.1) is 28.3 Å². The maximum absolute atomic E-state index is 14.1. The van der Waals surface area contributed by atoms with Crippen molar-refractivity contribution in [1.82, 2.24) is 19.7 Å². The minimum absolute atomic E-state index is 0.215. The maximum Gasteiger partial charge on any atom is 0.324 e. The third-order valence-electron chi connectivity index (χ3n) is 7.37. The first-order chi connectivity index (χ1) is 20.4. The lowest BCUT2D eigenvalue weighted by Crippen LogP contribution is -2.49. The number of amides is 3. The van der Waals surface area contributed by atoms with Crippen molar-refractivity contribution in [3.8, 4) is 5.69 Å². The van der Waals surface area contributed by atoms with Gasteiger partial charge in [-0.15, -0.1) is 0 Å². The molecule has 1 aliphatic rings. The first kappa shape index (κ1) is 29.7. The molecular weight excluding hydrogens is 552 g/mol. The smallest absolute Gasteiger partial charge is 0.324 e. The Kier molecular flexibility index (Phi) is 8.16. The molecule has 3 heterocycles. The first-order valence-corrected chi connectivity index (χ1v) is 14.1. The molecule has 2 aromatic heterocycles. The van der Waals surface area contributed by atoms with Crippen LogP contribution in [0, 0.1) is 25.5 Å². The maximum atomic E-state index is 14.1. The highest BCUT2D eigenvalue weighted by Crippen LogP contribution is 2.27. The van der Waals surface area contributed by atoms with Gasteiger partial charge in [0.1, 0.15) is 23.3 Å². The molecule has 0 radical (unpaired) electrons. The fourth-order valence-electron chi connectivity index (χ4n) is 4.82. The van der Waals surface area contributed by atoms with Gasteiger partial charge in [-0.2, -0.15) is 5.10 Å². The van der Waals surface area contributed by atoms with E-state index in [1.54, 1.807) is 23.7 Å². The number of carbonyl (C=O) groups is 2. The predicted octanol–water partition coefficient (Wildman–Crippen LogP) is 6.07. The van der Waals surface area contributed by atoms with E-state index >= 15 is 0 Å². The lowest BCUT2D eigenvalue weighted by atomic mass is 9.92. The summed E-state index contributed by atoms with van der Waals surface area (Å²) in [5.41, 5.74) is 3.49. The van der Waals surface area contributed by atoms with Crippen molar-refractivity contribution in [1.29, 1.82) is 0 Å². The lowest BCUT2D eigenvalue weighted by Gasteiger charge is -2.35. The van der Waals surface area contributed by atoms with Crippen LogP contribution in [0.15, 0.2) is 60.7 Å². The van der Waals surface area contributed by atoms with Crippen LogP contribution in [0.5, 0.6) is 0 Å². The molecule has 0 atom stereocenters. The molecule has 224 valence electrons. The number of aromatic nitrogens is 3. The minimum atomic E-state index is -0.743. The van der Waals surface area contributed by atoms with Crippen LogP contribution < -0.4 is 15.5 Å². The number of nitrogens with one attached hydrogen (secondary N) is 2. The molecule has 9 nitrogen and oxygen atoms in total. The van der Waals surface area contributed by atoms with E-state index in [1.165, 1.54) is 4.90 Å². The number of anilines is 3. The number of hydrogen-bond donors (Lipinski definition) is 2. The molecule has 5 rings (SSSR count). The normalized spacial score (nSPS) is 13.7. The van der Waals surface area contributed by atoms with Crippen molar-refractivity contribution >= 4 is 29.3 Å². The summed E-state index contributed by atoms with van der Waals surface area (Å²) >= 11 is 0. The molecule has 4 aromatic rings. The van der Waals surface area contributed by atoms with E-state index in [9.17, 15) is 18.4 Å². The number of nitrogens with zero attached hydrogens (tertiary/aromatic N) is 5. The molecule has 1 fully saturated rings. The van der Waals surface area contributed by atoms with E-state index < -0.39 is 23.6 Å². The molecule has 43 heavy (non-hydrogen) atoms. The van der Waals surface area contributed by atoms with E-state index in [1.807, 2.05) is 42.2 Å². The van der Waals surface area contributed by atoms with Gasteiger partial charge in [-0.05, 0) is 56.3 Å². The predicted molar refractivity (Wildman–Crippen MR) is 163 cm³/mol. The zero-order valence-electron chi connectivity index (χ0n) is 24.9. The first-order valence-electron chi connectivity index (χ1n) is 14.1. The second-order valence-corrected chi connectivity index (χ2v) is 11.7. The Hall–Kier alpha value is -4.80. The van der Waals surface area contributed by atoms with E-state index in [-0.39, 0.29) is 11.0 Å². The third kappa shape index (κ3) is 6.66. The summed E-state index contributed by atoms with van der Waals surface area (Å²) in [6.45, 7) is 11.6. The number of piperazine rings is 1. The van der Waals surface area contributed by atoms with E-state index in [0.717, 1.165) is 35.1 Å². The molecule has 0 bridgehead atoms. The van der Waals surface area contributed by atoms with Crippen molar-refractivity contribution in [2.24, 2.45) is 0 Å². The van der Waals surface area contributed by atoms with E-state index in [4.69, 9.17) is 5.10 Å². The largest absolute Gasteiger partial charge is 0.353 e. The molecule has 2 aromatic carbocycles. The summed E-state index contributed by atoms with van der Waals surface area (Å²) in [6, 6.07) is 15.8. The van der Waals surface area contributed by atoms with E-state index in [0.29, 0.717) is 49.2 Å². The molecule has 2 N–H and O–H groups in total. The summed E-state index contributed by atoms with van der Waals surface area (Å²) in [6.07, 6.45) is 0. The fraction of sp³-hybridized carbons (Fsp3) is 0.312. The molecule has 0 saturated carbocycles. The number of benzene rings is 2. The minimum Gasteiger partial charge on any atom is -0.353 e. The Labute approximate surface area is 249 Å². The van der Waals surface area contributed by atoms with Crippen molar-refractivity contribution in [2.75, 3.05) is 41.7 Å². The van der Waals surface area contributed by atoms with Crippen LogP contribution >= 0.6 is 0 Å². The monoisotopic (exact) mass is 587 g/mol. The Morgan fingerprint density at radius 2 is 1.56 bits per heavy atom. The zero-order chi connectivity index (χ0) is 30.9. The molecule has 0 unspecified atom stereocenters. The molecule has 3 amide bonds. The SMILES string of the molecule is Cc1ccc(-n2nc(C(C)(C)C)cc2NC(=O)Nc2ccc(N3CCN(C(=O)c4cc(F)ccc4F)CC3)nc2C)cc1. The van der Waals surface area contributed by atoms with Crippen molar-refractivity contribution in [3.05, 3.63) is 94.8 Å². The molecule has 0 spiro atoms. The highest BCUT2D eigenvalue weighted by atomic mass is 19.1. The van der Waals surface area contributed by atoms with Crippen LogP contribution in [-0.2, 0) is 5.41 Å². The average Bonchev–Trinajstić information content (AvgIpc) is 3.40. The van der Waals surface area contributed by atoms with Crippen LogP contribution in [0.2, 0.25) is 0 Å². The van der Waals surface area contributed by atoms with Crippen molar-refractivity contribution in [3.63, 3.8) is 0 Å². The molecule has 1 saturated heterocycles. The van der Waals surface area contributed by atoms with Gasteiger partial charge < -0.3 is 15.1 Å². The summed E-state index contributed by atoms with van der Waals surface area (Å²) < 4.78 is 29.4. The van der Waals surface area contributed by atoms with Gasteiger partial charge in [0.25, 0.3) is 5.91 Å². The van der Waals surface area contributed by atoms with Gasteiger partial charge in [0, 0.05) is 37.7 Å². The van der Waals surface area contributed by atoms with Gasteiger partial charge in [-0.3, -0.25) is 10.1 Å². The molecular formula is C32H35F2N7O2. The molecule has 11 heteroatoms. The quantitative estimate of drug-likeness (QED) is 0.296.